The second kappa shape index (κ2) is 5.81. The third-order valence-electron chi connectivity index (χ3n) is 1.98. The number of carbonyl (C=O) groups is 1. The maximum atomic E-state index is 11.5. The molecule has 1 heterocycles. The van der Waals surface area contributed by atoms with E-state index in [1.54, 1.807) is 13.8 Å². The fourth-order valence-electron chi connectivity index (χ4n) is 1.11. The Kier molecular flexibility index (Phi) is 4.70. The number of nitrogens with two attached hydrogens (primary N) is 1. The molecule has 0 spiro atoms. The van der Waals surface area contributed by atoms with Gasteiger partial charge in [0.25, 0.3) is 0 Å². The number of nitrogens with zero attached hydrogens (tertiary/aromatic N) is 1. The Morgan fingerprint density at radius 3 is 2.94 bits per heavy atom. The van der Waals surface area contributed by atoms with E-state index in [0.717, 1.165) is 0 Å². The Hall–Kier alpha value is -1.14. The number of aromatic nitrogens is 1. The van der Waals surface area contributed by atoms with Gasteiger partial charge in [0.2, 0.25) is 0 Å². The summed E-state index contributed by atoms with van der Waals surface area (Å²) in [5.74, 6) is -0.314. The topological polar surface area (TPSA) is 77.2 Å². The first kappa shape index (κ1) is 12.9. The van der Waals surface area contributed by atoms with Crippen molar-refractivity contribution in [1.29, 1.82) is 0 Å². The van der Waals surface area contributed by atoms with Gasteiger partial charge in [-0.1, -0.05) is 11.3 Å². The largest absolute Gasteiger partial charge is 0.462 e. The molecule has 0 aliphatic heterocycles. The van der Waals surface area contributed by atoms with E-state index in [1.165, 1.54) is 11.3 Å². The first-order valence-corrected chi connectivity index (χ1v) is 6.01. The maximum Gasteiger partial charge on any atom is 0.350 e. The first-order chi connectivity index (χ1) is 7.58. The number of ether oxygens (including phenoxy) is 1. The monoisotopic (exact) mass is 243 g/mol. The summed E-state index contributed by atoms with van der Waals surface area (Å²) in [6.45, 7) is 6.43. The number of thiazole rings is 1. The van der Waals surface area contributed by atoms with Gasteiger partial charge in [-0.2, -0.15) is 0 Å². The van der Waals surface area contributed by atoms with Gasteiger partial charge in [0.15, 0.2) is 5.13 Å². The number of rotatable bonds is 5. The quantitative estimate of drug-likeness (QED) is 0.764. The molecule has 90 valence electrons. The van der Waals surface area contributed by atoms with Crippen molar-refractivity contribution in [3.05, 3.63) is 10.6 Å². The highest BCUT2D eigenvalue weighted by Gasteiger charge is 2.16. The molecule has 1 aromatic rings. The van der Waals surface area contributed by atoms with E-state index in [2.05, 4.69) is 10.3 Å². The zero-order valence-electron chi connectivity index (χ0n) is 9.74. The fraction of sp³-hybridized carbons (Fsp3) is 0.600. The minimum atomic E-state index is -0.314. The van der Waals surface area contributed by atoms with Gasteiger partial charge in [-0.15, -0.1) is 0 Å². The highest BCUT2D eigenvalue weighted by Crippen LogP contribution is 2.23. The van der Waals surface area contributed by atoms with Crippen LogP contribution in [0.2, 0.25) is 0 Å². The maximum absolute atomic E-state index is 11.5. The molecular formula is C10H17N3O2S. The molecule has 0 saturated heterocycles. The highest BCUT2D eigenvalue weighted by atomic mass is 32.1. The number of nitrogens with one attached hydrogen (secondary N) is 1. The number of hydrogen-bond donors (Lipinski definition) is 2. The van der Waals surface area contributed by atoms with Crippen LogP contribution in [0.25, 0.3) is 0 Å². The Morgan fingerprint density at radius 1 is 1.69 bits per heavy atom. The molecule has 0 bridgehead atoms. The molecule has 0 aliphatic carbocycles. The summed E-state index contributed by atoms with van der Waals surface area (Å²) in [6.07, 6.45) is 0. The molecule has 0 radical (unpaired) electrons. The van der Waals surface area contributed by atoms with Gasteiger partial charge in [0.1, 0.15) is 4.88 Å². The molecule has 0 unspecified atom stereocenters. The predicted molar refractivity (Wildman–Crippen MR) is 64.9 cm³/mol. The van der Waals surface area contributed by atoms with E-state index in [1.807, 2.05) is 6.92 Å². The molecule has 1 atom stereocenters. The molecule has 16 heavy (non-hydrogen) atoms. The summed E-state index contributed by atoms with van der Waals surface area (Å²) < 4.78 is 4.93. The van der Waals surface area contributed by atoms with Crippen molar-refractivity contribution in [2.45, 2.75) is 26.8 Å². The lowest BCUT2D eigenvalue weighted by atomic mass is 10.3. The molecule has 0 aliphatic rings. The Labute approximate surface area is 99.0 Å². The van der Waals surface area contributed by atoms with E-state index >= 15 is 0 Å². The molecular weight excluding hydrogens is 226 g/mol. The van der Waals surface area contributed by atoms with E-state index in [9.17, 15) is 4.79 Å². The summed E-state index contributed by atoms with van der Waals surface area (Å²) in [5.41, 5.74) is 6.18. The number of anilines is 1. The van der Waals surface area contributed by atoms with Crippen molar-refractivity contribution in [1.82, 2.24) is 4.98 Å². The van der Waals surface area contributed by atoms with Gasteiger partial charge in [-0.25, -0.2) is 9.78 Å². The third-order valence-corrected chi connectivity index (χ3v) is 3.05. The molecule has 5 nitrogen and oxygen atoms in total. The van der Waals surface area contributed by atoms with Gasteiger partial charge in [-0.05, 0) is 20.8 Å². The van der Waals surface area contributed by atoms with Crippen LogP contribution in [0.1, 0.15) is 29.2 Å². The number of hydrogen-bond acceptors (Lipinski definition) is 6. The van der Waals surface area contributed by atoms with Gasteiger partial charge in [0.05, 0.1) is 12.3 Å². The normalized spacial score (nSPS) is 12.2. The van der Waals surface area contributed by atoms with E-state index in [-0.39, 0.29) is 12.0 Å². The highest BCUT2D eigenvalue weighted by molar-refractivity contribution is 7.17. The average Bonchev–Trinajstić information content (AvgIpc) is 2.59. The smallest absolute Gasteiger partial charge is 0.350 e. The van der Waals surface area contributed by atoms with Crippen molar-refractivity contribution in [3.63, 3.8) is 0 Å². The SMILES string of the molecule is CCOC(=O)c1sc(N[C@H](C)CN)nc1C. The standard InChI is InChI=1S/C10H17N3O2S/c1-4-15-9(14)8-7(3)13-10(16-8)12-6(2)5-11/h6H,4-5,11H2,1-3H3,(H,12,13)/t6-/m1/s1. The summed E-state index contributed by atoms with van der Waals surface area (Å²) in [4.78, 5) is 16.3. The molecule has 0 saturated carbocycles. The van der Waals surface area contributed by atoms with Crippen molar-refractivity contribution in [2.24, 2.45) is 5.73 Å². The second-order valence-electron chi connectivity index (χ2n) is 3.44. The van der Waals surface area contributed by atoms with Crippen LogP contribution in [-0.4, -0.2) is 30.1 Å². The summed E-state index contributed by atoms with van der Waals surface area (Å²) in [6, 6.07) is 0.139. The van der Waals surface area contributed by atoms with Gasteiger partial charge in [0, 0.05) is 12.6 Å². The molecule has 1 aromatic heterocycles. The molecule has 6 heteroatoms. The van der Waals surface area contributed by atoms with Crippen LogP contribution in [-0.2, 0) is 4.74 Å². The summed E-state index contributed by atoms with van der Waals surface area (Å²) >= 11 is 1.30. The van der Waals surface area contributed by atoms with Gasteiger partial charge < -0.3 is 15.8 Å². The fourth-order valence-corrected chi connectivity index (χ4v) is 2.09. The summed E-state index contributed by atoms with van der Waals surface area (Å²) in [5, 5.41) is 3.83. The lowest BCUT2D eigenvalue weighted by Crippen LogP contribution is -2.24. The lowest BCUT2D eigenvalue weighted by molar-refractivity contribution is 0.0531. The van der Waals surface area contributed by atoms with Crippen molar-refractivity contribution in [3.8, 4) is 0 Å². The van der Waals surface area contributed by atoms with Crippen molar-refractivity contribution < 1.29 is 9.53 Å². The summed E-state index contributed by atoms with van der Waals surface area (Å²) in [7, 11) is 0. The van der Waals surface area contributed by atoms with Crippen LogP contribution in [0.4, 0.5) is 5.13 Å². The minimum Gasteiger partial charge on any atom is -0.462 e. The first-order valence-electron chi connectivity index (χ1n) is 5.19. The zero-order valence-corrected chi connectivity index (χ0v) is 10.6. The van der Waals surface area contributed by atoms with Gasteiger partial charge >= 0.3 is 5.97 Å². The lowest BCUT2D eigenvalue weighted by Gasteiger charge is -2.08. The molecule has 0 amide bonds. The van der Waals surface area contributed by atoms with E-state index < -0.39 is 0 Å². The average molecular weight is 243 g/mol. The predicted octanol–water partition coefficient (Wildman–Crippen LogP) is 1.39. The minimum absolute atomic E-state index is 0.139. The molecule has 1 rings (SSSR count). The number of esters is 1. The van der Waals surface area contributed by atoms with Crippen molar-refractivity contribution >= 4 is 22.4 Å². The number of carbonyl (C=O) groups excluding carboxylic acids is 1. The zero-order chi connectivity index (χ0) is 12.1. The molecule has 0 fully saturated rings. The van der Waals surface area contributed by atoms with Crippen LogP contribution in [0.3, 0.4) is 0 Å². The van der Waals surface area contributed by atoms with Crippen molar-refractivity contribution in [2.75, 3.05) is 18.5 Å². The number of aryl methyl sites for hydroxylation is 1. The van der Waals surface area contributed by atoms with E-state index in [4.69, 9.17) is 10.5 Å². The third kappa shape index (κ3) is 3.18. The van der Waals surface area contributed by atoms with E-state index in [0.29, 0.717) is 28.9 Å². The Bertz CT molecular complexity index is 365. The van der Waals surface area contributed by atoms with Gasteiger partial charge in [-0.3, -0.25) is 0 Å². The van der Waals surface area contributed by atoms with Crippen LogP contribution in [0, 0.1) is 6.92 Å². The Balaban J connectivity index is 2.77. The van der Waals surface area contributed by atoms with Crippen LogP contribution < -0.4 is 11.1 Å². The molecule has 3 N–H and O–H groups in total. The van der Waals surface area contributed by atoms with Crippen LogP contribution in [0.15, 0.2) is 0 Å². The Morgan fingerprint density at radius 2 is 2.38 bits per heavy atom. The second-order valence-corrected chi connectivity index (χ2v) is 4.43. The van der Waals surface area contributed by atoms with Crippen LogP contribution >= 0.6 is 11.3 Å². The van der Waals surface area contributed by atoms with Crippen LogP contribution in [0.5, 0.6) is 0 Å². The molecule has 0 aromatic carbocycles.